The smallest absolute Gasteiger partial charge is 0.252 e. The Morgan fingerprint density at radius 1 is 1.32 bits per heavy atom. The second kappa shape index (κ2) is 10.9. The summed E-state index contributed by atoms with van der Waals surface area (Å²) in [4.78, 5) is 15.3. The first-order valence-corrected chi connectivity index (χ1v) is 9.23. The topological polar surface area (TPSA) is 53.6 Å². The van der Waals surface area contributed by atoms with Crippen molar-refractivity contribution in [2.24, 2.45) is 5.92 Å². The Balaban J connectivity index is 0.00000288. The van der Waals surface area contributed by atoms with Crippen LogP contribution in [0.4, 0.5) is 0 Å². The summed E-state index contributed by atoms with van der Waals surface area (Å²) in [6.07, 6.45) is 5.35. The molecule has 1 amide bonds. The van der Waals surface area contributed by atoms with Gasteiger partial charge in [0.25, 0.3) is 5.91 Å². The Bertz CT molecular complexity index is 402. The highest BCUT2D eigenvalue weighted by Gasteiger charge is 2.40. The van der Waals surface area contributed by atoms with E-state index in [0.717, 1.165) is 44.9 Å². The molecule has 2 rings (SSSR count). The fraction of sp³-hybridized carbons (Fsp3) is 0.944. The third kappa shape index (κ3) is 6.24. The maximum atomic E-state index is 12.7. The molecule has 1 atom stereocenters. The lowest BCUT2D eigenvalue weighted by Crippen LogP contribution is -2.59. The molecule has 5 nitrogen and oxygen atoms in total. The monoisotopic (exact) mass is 397 g/mol. The van der Waals surface area contributed by atoms with E-state index >= 15 is 0 Å². The highest BCUT2D eigenvalue weighted by atomic mass is 35.5. The number of carbonyl (C=O) groups excluding carboxylic acids is 1. The highest BCUT2D eigenvalue weighted by molar-refractivity contribution is 5.86. The zero-order chi connectivity index (χ0) is 16.9. The Labute approximate surface area is 165 Å². The lowest BCUT2D eigenvalue weighted by atomic mass is 9.89. The summed E-state index contributed by atoms with van der Waals surface area (Å²) in [5.41, 5.74) is -0.652. The number of amides is 1. The van der Waals surface area contributed by atoms with Gasteiger partial charge >= 0.3 is 0 Å². The average Bonchev–Trinajstić information content (AvgIpc) is 2.60. The van der Waals surface area contributed by atoms with Crippen molar-refractivity contribution in [2.75, 3.05) is 39.8 Å². The van der Waals surface area contributed by atoms with E-state index in [9.17, 15) is 4.79 Å². The van der Waals surface area contributed by atoms with Crippen molar-refractivity contribution in [1.82, 2.24) is 15.5 Å². The summed E-state index contributed by atoms with van der Waals surface area (Å²) in [5, 5.41) is 6.48. The van der Waals surface area contributed by atoms with Crippen LogP contribution in [-0.4, -0.2) is 61.8 Å². The Kier molecular flexibility index (Phi) is 10.9. The molecular formula is C18H37Cl2N3O2. The van der Waals surface area contributed by atoms with Gasteiger partial charge in [-0.15, -0.1) is 24.8 Å². The molecule has 7 heteroatoms. The van der Waals surface area contributed by atoms with Crippen LogP contribution in [0.1, 0.15) is 52.9 Å². The molecule has 0 bridgehead atoms. The molecule has 25 heavy (non-hydrogen) atoms. The maximum Gasteiger partial charge on any atom is 0.252 e. The van der Waals surface area contributed by atoms with E-state index in [2.05, 4.69) is 36.3 Å². The van der Waals surface area contributed by atoms with Crippen molar-refractivity contribution in [3.63, 3.8) is 0 Å². The standard InChI is InChI=1S/C18H35N3O2.2ClH/c1-5-15-7-6-12-21(13-15)17(2,3)14-20-16(22)18(23-4)8-10-19-11-9-18;;/h15,19H,5-14H2,1-4H3,(H,20,22);2*1H. The van der Waals surface area contributed by atoms with Crippen molar-refractivity contribution in [1.29, 1.82) is 0 Å². The number of rotatable bonds is 6. The zero-order valence-corrected chi connectivity index (χ0v) is 17.9. The lowest BCUT2D eigenvalue weighted by Gasteiger charge is -2.44. The van der Waals surface area contributed by atoms with Gasteiger partial charge in [0.15, 0.2) is 0 Å². The summed E-state index contributed by atoms with van der Waals surface area (Å²) in [7, 11) is 1.66. The fourth-order valence-corrected chi connectivity index (χ4v) is 3.87. The minimum atomic E-state index is -0.644. The van der Waals surface area contributed by atoms with Gasteiger partial charge in [-0.05, 0) is 65.1 Å². The molecule has 150 valence electrons. The predicted molar refractivity (Wildman–Crippen MR) is 108 cm³/mol. The second-order valence-corrected chi connectivity index (χ2v) is 7.81. The van der Waals surface area contributed by atoms with Crippen molar-refractivity contribution in [2.45, 2.75) is 64.0 Å². The lowest BCUT2D eigenvalue weighted by molar-refractivity contribution is -0.147. The predicted octanol–water partition coefficient (Wildman–Crippen LogP) is 2.62. The molecule has 0 aromatic rings. The van der Waals surface area contributed by atoms with E-state index in [-0.39, 0.29) is 36.3 Å². The van der Waals surface area contributed by atoms with Crippen LogP contribution in [0.15, 0.2) is 0 Å². The molecule has 0 aliphatic carbocycles. The van der Waals surface area contributed by atoms with E-state index in [1.807, 2.05) is 0 Å². The molecule has 0 saturated carbocycles. The van der Waals surface area contributed by atoms with Crippen molar-refractivity contribution in [3.05, 3.63) is 0 Å². The summed E-state index contributed by atoms with van der Waals surface area (Å²) in [5.74, 6) is 0.854. The number of piperidine rings is 2. The van der Waals surface area contributed by atoms with E-state index in [1.165, 1.54) is 19.3 Å². The van der Waals surface area contributed by atoms with E-state index in [1.54, 1.807) is 7.11 Å². The molecule has 0 radical (unpaired) electrons. The summed E-state index contributed by atoms with van der Waals surface area (Å²) < 4.78 is 5.62. The third-order valence-corrected chi connectivity index (χ3v) is 5.85. The van der Waals surface area contributed by atoms with E-state index in [4.69, 9.17) is 4.74 Å². The number of hydrogen-bond acceptors (Lipinski definition) is 4. The molecule has 2 heterocycles. The molecule has 0 aromatic heterocycles. The molecule has 2 N–H and O–H groups in total. The number of nitrogens with one attached hydrogen (secondary N) is 2. The summed E-state index contributed by atoms with van der Waals surface area (Å²) >= 11 is 0. The van der Waals surface area contributed by atoms with Crippen LogP contribution in [0, 0.1) is 5.92 Å². The van der Waals surface area contributed by atoms with Crippen molar-refractivity contribution < 1.29 is 9.53 Å². The van der Waals surface area contributed by atoms with Crippen LogP contribution in [0.2, 0.25) is 0 Å². The van der Waals surface area contributed by atoms with Gasteiger partial charge in [0.05, 0.1) is 0 Å². The van der Waals surface area contributed by atoms with E-state index < -0.39 is 5.60 Å². The van der Waals surface area contributed by atoms with E-state index in [0.29, 0.717) is 6.54 Å². The Morgan fingerprint density at radius 3 is 2.52 bits per heavy atom. The molecule has 2 fully saturated rings. The number of methoxy groups -OCH3 is 1. The first kappa shape index (κ1) is 24.9. The van der Waals surface area contributed by atoms with Crippen LogP contribution < -0.4 is 10.6 Å². The summed E-state index contributed by atoms with van der Waals surface area (Å²) in [6.45, 7) is 11.4. The molecule has 0 spiro atoms. The van der Waals surface area contributed by atoms with Crippen LogP contribution in [0.3, 0.4) is 0 Å². The first-order chi connectivity index (χ1) is 10.9. The molecule has 2 aliphatic rings. The minimum absolute atomic E-state index is 0. The maximum absolute atomic E-state index is 12.7. The molecular weight excluding hydrogens is 361 g/mol. The van der Waals surface area contributed by atoms with Crippen LogP contribution >= 0.6 is 24.8 Å². The highest BCUT2D eigenvalue weighted by Crippen LogP contribution is 2.26. The van der Waals surface area contributed by atoms with Gasteiger partial charge in [0, 0.05) is 25.7 Å². The number of hydrogen-bond donors (Lipinski definition) is 2. The number of nitrogens with zero attached hydrogens (tertiary/aromatic N) is 1. The number of ether oxygens (including phenoxy) is 1. The van der Waals surface area contributed by atoms with Gasteiger partial charge in [-0.1, -0.05) is 13.3 Å². The fourth-order valence-electron chi connectivity index (χ4n) is 3.87. The largest absolute Gasteiger partial charge is 0.368 e. The average molecular weight is 398 g/mol. The SMILES string of the molecule is CCC1CCCN(C(C)(C)CNC(=O)C2(OC)CCNCC2)C1.Cl.Cl. The van der Waals surface area contributed by atoms with Gasteiger partial charge in [-0.25, -0.2) is 0 Å². The van der Waals surface area contributed by atoms with Gasteiger partial charge < -0.3 is 15.4 Å². The number of halogens is 2. The van der Waals surface area contributed by atoms with Crippen LogP contribution in [0.5, 0.6) is 0 Å². The molecule has 2 aliphatic heterocycles. The summed E-state index contributed by atoms with van der Waals surface area (Å²) in [6, 6.07) is 0. The third-order valence-electron chi connectivity index (χ3n) is 5.85. The van der Waals surface area contributed by atoms with Crippen LogP contribution in [-0.2, 0) is 9.53 Å². The number of carbonyl (C=O) groups is 1. The Morgan fingerprint density at radius 2 is 1.96 bits per heavy atom. The van der Waals surface area contributed by atoms with Gasteiger partial charge in [-0.2, -0.15) is 0 Å². The number of likely N-dealkylation sites (tertiary alicyclic amines) is 1. The van der Waals surface area contributed by atoms with Crippen LogP contribution in [0.25, 0.3) is 0 Å². The zero-order valence-electron chi connectivity index (χ0n) is 16.2. The quantitative estimate of drug-likeness (QED) is 0.722. The Hall–Kier alpha value is -0.0700. The van der Waals surface area contributed by atoms with Crippen molar-refractivity contribution in [3.8, 4) is 0 Å². The second-order valence-electron chi connectivity index (χ2n) is 7.81. The molecule has 0 aromatic carbocycles. The normalized spacial score (nSPS) is 23.9. The molecule has 2 saturated heterocycles. The van der Waals surface area contributed by atoms with Gasteiger partial charge in [0.2, 0.25) is 0 Å². The molecule has 1 unspecified atom stereocenters. The first-order valence-electron chi connectivity index (χ1n) is 9.23. The van der Waals surface area contributed by atoms with Gasteiger partial charge in [-0.3, -0.25) is 9.69 Å². The minimum Gasteiger partial charge on any atom is -0.368 e. The van der Waals surface area contributed by atoms with Crippen molar-refractivity contribution >= 4 is 30.7 Å². The van der Waals surface area contributed by atoms with Gasteiger partial charge in [0.1, 0.15) is 5.60 Å².